The Kier molecular flexibility index (Phi) is 6.95. The number of nitrogen functional groups attached to an aromatic ring is 1. The highest BCUT2D eigenvalue weighted by Gasteiger charge is 2.20. The molecular weight excluding hydrogens is 475 g/mol. The maximum absolute atomic E-state index is 14.5. The van der Waals surface area contributed by atoms with E-state index in [0.29, 0.717) is 29.9 Å². The third-order valence-electron chi connectivity index (χ3n) is 6.72. The monoisotopic (exact) mass is 506 g/mol. The largest absolute Gasteiger partial charge is 0.397 e. The lowest BCUT2D eigenvalue weighted by Gasteiger charge is -2.36. The van der Waals surface area contributed by atoms with Crippen molar-refractivity contribution in [2.75, 3.05) is 56.4 Å². The lowest BCUT2D eigenvalue weighted by Crippen LogP contribution is -2.49. The van der Waals surface area contributed by atoms with Gasteiger partial charge in [-0.25, -0.2) is 14.2 Å². The molecule has 1 aliphatic heterocycles. The number of urea groups is 1. The summed E-state index contributed by atoms with van der Waals surface area (Å²) in [6, 6.07) is 10.3. The number of nitrogens with one attached hydrogen (secondary N) is 4. The second kappa shape index (κ2) is 10.5. The van der Waals surface area contributed by atoms with Crippen LogP contribution in [0.1, 0.15) is 13.3 Å². The summed E-state index contributed by atoms with van der Waals surface area (Å²) in [7, 11) is 0. The van der Waals surface area contributed by atoms with Gasteiger partial charge in [0.15, 0.2) is 0 Å². The van der Waals surface area contributed by atoms with E-state index < -0.39 is 11.4 Å². The molecule has 2 amide bonds. The van der Waals surface area contributed by atoms with Crippen LogP contribution in [0.4, 0.5) is 20.6 Å². The molecule has 2 aromatic heterocycles. The van der Waals surface area contributed by atoms with Crippen molar-refractivity contribution in [3.8, 4) is 11.4 Å². The van der Waals surface area contributed by atoms with E-state index in [4.69, 9.17) is 5.73 Å². The van der Waals surface area contributed by atoms with Crippen LogP contribution in [0.15, 0.2) is 41.2 Å². The molecule has 37 heavy (non-hydrogen) atoms. The van der Waals surface area contributed by atoms with Gasteiger partial charge >= 0.3 is 6.03 Å². The first kappa shape index (κ1) is 24.6. The maximum Gasteiger partial charge on any atom is 0.314 e. The Morgan fingerprint density at radius 2 is 1.86 bits per heavy atom. The zero-order valence-electron chi connectivity index (χ0n) is 20.7. The standard InChI is InChI=1S/C26H31FN8O2/c1-2-8-29-26(37)30-9-10-34-11-13-35(14-12-34)16-6-7-18-20(15-16)32-24(31-18)22-23(28)21-17(27)4-3-5-19(21)33-25(22)36/h3-7,15H,2,8-14H2,1H3,(H,31,32)(H3,28,33,36)(H2,29,30,37). The van der Waals surface area contributed by atoms with E-state index in [-0.39, 0.29) is 22.7 Å². The van der Waals surface area contributed by atoms with Crippen LogP contribution in [0.25, 0.3) is 33.3 Å². The summed E-state index contributed by atoms with van der Waals surface area (Å²) in [5.74, 6) is -0.197. The summed E-state index contributed by atoms with van der Waals surface area (Å²) in [5.41, 5.74) is 8.85. The van der Waals surface area contributed by atoms with Gasteiger partial charge in [0, 0.05) is 51.5 Å². The first-order valence-electron chi connectivity index (χ1n) is 12.5. The summed E-state index contributed by atoms with van der Waals surface area (Å²) in [5, 5.41) is 5.88. The number of fused-ring (bicyclic) bond motifs is 2. The highest BCUT2D eigenvalue weighted by Crippen LogP contribution is 2.30. The lowest BCUT2D eigenvalue weighted by molar-refractivity contribution is 0.232. The topological polar surface area (TPSA) is 135 Å². The average Bonchev–Trinajstić information content (AvgIpc) is 3.30. The van der Waals surface area contributed by atoms with Gasteiger partial charge in [-0.2, -0.15) is 0 Å². The Hall–Kier alpha value is -4.12. The van der Waals surface area contributed by atoms with Gasteiger partial charge in [-0.1, -0.05) is 13.0 Å². The van der Waals surface area contributed by atoms with E-state index in [1.165, 1.54) is 12.1 Å². The van der Waals surface area contributed by atoms with Crippen LogP contribution in [-0.4, -0.2) is 71.7 Å². The molecule has 0 radical (unpaired) electrons. The second-order valence-electron chi connectivity index (χ2n) is 9.20. The number of piperazine rings is 1. The number of benzene rings is 2. The van der Waals surface area contributed by atoms with Gasteiger partial charge in [-0.3, -0.25) is 9.69 Å². The van der Waals surface area contributed by atoms with Crippen molar-refractivity contribution < 1.29 is 9.18 Å². The number of pyridine rings is 1. The molecule has 6 N–H and O–H groups in total. The molecule has 0 aliphatic carbocycles. The number of aromatic amines is 2. The number of hydrogen-bond acceptors (Lipinski definition) is 6. The molecule has 11 heteroatoms. The predicted octanol–water partition coefficient (Wildman–Crippen LogP) is 2.62. The van der Waals surface area contributed by atoms with Crippen LogP contribution in [0.5, 0.6) is 0 Å². The van der Waals surface area contributed by atoms with Crippen molar-refractivity contribution in [2.45, 2.75) is 13.3 Å². The molecule has 0 saturated carbocycles. The Morgan fingerprint density at radius 1 is 1.08 bits per heavy atom. The van der Waals surface area contributed by atoms with Crippen molar-refractivity contribution in [1.82, 2.24) is 30.5 Å². The predicted molar refractivity (Wildman–Crippen MR) is 144 cm³/mol. The number of imidazole rings is 1. The quantitative estimate of drug-likeness (QED) is 0.262. The molecule has 10 nitrogen and oxygen atoms in total. The highest BCUT2D eigenvalue weighted by atomic mass is 19.1. The number of aromatic nitrogens is 3. The number of rotatable bonds is 7. The molecule has 1 fully saturated rings. The summed E-state index contributed by atoms with van der Waals surface area (Å²) >= 11 is 0. The SMILES string of the molecule is CCCNC(=O)NCCN1CCN(c2ccc3[nH]c(-c4c(N)c5c(F)cccc5[nH]c4=O)nc3c2)CC1. The van der Waals surface area contributed by atoms with Crippen molar-refractivity contribution in [3.05, 3.63) is 52.6 Å². The lowest BCUT2D eigenvalue weighted by atomic mass is 10.1. The van der Waals surface area contributed by atoms with Gasteiger partial charge in [-0.05, 0) is 36.8 Å². The summed E-state index contributed by atoms with van der Waals surface area (Å²) in [6.07, 6.45) is 0.913. The molecular formula is C26H31FN8O2. The minimum absolute atomic E-state index is 0.0598. The molecule has 5 rings (SSSR count). The van der Waals surface area contributed by atoms with E-state index >= 15 is 0 Å². The highest BCUT2D eigenvalue weighted by molar-refractivity contribution is 5.98. The fourth-order valence-corrected chi connectivity index (χ4v) is 4.74. The Morgan fingerprint density at radius 3 is 2.65 bits per heavy atom. The number of hydrogen-bond donors (Lipinski definition) is 5. The smallest absolute Gasteiger partial charge is 0.314 e. The van der Waals surface area contributed by atoms with Gasteiger partial charge in [0.05, 0.1) is 27.6 Å². The van der Waals surface area contributed by atoms with Crippen LogP contribution < -0.4 is 26.8 Å². The van der Waals surface area contributed by atoms with Gasteiger partial charge < -0.3 is 31.2 Å². The van der Waals surface area contributed by atoms with Crippen molar-refractivity contribution >= 4 is 39.3 Å². The first-order valence-corrected chi connectivity index (χ1v) is 12.5. The Labute approximate surface area is 213 Å². The van der Waals surface area contributed by atoms with E-state index in [1.807, 2.05) is 25.1 Å². The zero-order chi connectivity index (χ0) is 25.9. The fraction of sp³-hybridized carbons (Fsp3) is 0.346. The van der Waals surface area contributed by atoms with Gasteiger partial charge in [0.25, 0.3) is 5.56 Å². The first-order chi connectivity index (χ1) is 17.9. The summed E-state index contributed by atoms with van der Waals surface area (Å²) in [4.78, 5) is 39.6. The molecule has 194 valence electrons. The third-order valence-corrected chi connectivity index (χ3v) is 6.72. The number of nitrogens with two attached hydrogens (primary N) is 1. The number of amides is 2. The van der Waals surface area contributed by atoms with Crippen molar-refractivity contribution in [2.24, 2.45) is 0 Å². The molecule has 4 aromatic rings. The molecule has 1 aliphatic rings. The number of carbonyl (C=O) groups excluding carboxylic acids is 1. The van der Waals surface area contributed by atoms with E-state index in [9.17, 15) is 14.0 Å². The minimum atomic E-state index is -0.499. The molecule has 0 atom stereocenters. The Bertz CT molecular complexity index is 1490. The second-order valence-corrected chi connectivity index (χ2v) is 9.20. The number of nitrogens with zero attached hydrogens (tertiary/aromatic N) is 3. The number of H-pyrrole nitrogens is 2. The van der Waals surface area contributed by atoms with Gasteiger partial charge in [-0.15, -0.1) is 0 Å². The van der Waals surface area contributed by atoms with Crippen molar-refractivity contribution in [3.63, 3.8) is 0 Å². The third kappa shape index (κ3) is 5.08. The summed E-state index contributed by atoms with van der Waals surface area (Å²) < 4.78 is 14.5. The summed E-state index contributed by atoms with van der Waals surface area (Å²) in [6.45, 7) is 7.58. The average molecular weight is 507 g/mol. The van der Waals surface area contributed by atoms with Crippen LogP contribution in [0.3, 0.4) is 0 Å². The van der Waals surface area contributed by atoms with E-state index in [1.54, 1.807) is 6.07 Å². The van der Waals surface area contributed by atoms with Crippen LogP contribution >= 0.6 is 0 Å². The molecule has 0 bridgehead atoms. The number of anilines is 2. The van der Waals surface area contributed by atoms with E-state index in [0.717, 1.165) is 50.3 Å². The van der Waals surface area contributed by atoms with Crippen LogP contribution in [0, 0.1) is 5.82 Å². The van der Waals surface area contributed by atoms with Crippen LogP contribution in [0.2, 0.25) is 0 Å². The number of carbonyl (C=O) groups is 1. The fourth-order valence-electron chi connectivity index (χ4n) is 4.74. The molecule has 1 saturated heterocycles. The normalized spacial score (nSPS) is 14.4. The van der Waals surface area contributed by atoms with Crippen LogP contribution in [-0.2, 0) is 0 Å². The molecule has 2 aromatic carbocycles. The van der Waals surface area contributed by atoms with Crippen molar-refractivity contribution in [1.29, 1.82) is 0 Å². The van der Waals surface area contributed by atoms with E-state index in [2.05, 4.69) is 35.4 Å². The zero-order valence-corrected chi connectivity index (χ0v) is 20.7. The minimum Gasteiger partial charge on any atom is -0.397 e. The van der Waals surface area contributed by atoms with Gasteiger partial charge in [0.1, 0.15) is 17.2 Å². The Balaban J connectivity index is 1.28. The molecule has 3 heterocycles. The molecule has 0 spiro atoms. The van der Waals surface area contributed by atoms with Gasteiger partial charge in [0.2, 0.25) is 0 Å². The number of halogens is 1. The maximum atomic E-state index is 14.5. The molecule has 0 unspecified atom stereocenters.